The van der Waals surface area contributed by atoms with Crippen LogP contribution in [0.3, 0.4) is 0 Å². The van der Waals surface area contributed by atoms with Crippen molar-refractivity contribution >= 4 is 5.91 Å². The highest BCUT2D eigenvalue weighted by atomic mass is 16.2. The lowest BCUT2D eigenvalue weighted by Crippen LogP contribution is -2.34. The Labute approximate surface area is 158 Å². The molecule has 1 spiro atoms. The average Bonchev–Trinajstić information content (AvgIpc) is 3.17. The van der Waals surface area contributed by atoms with Crippen molar-refractivity contribution in [3.8, 4) is 0 Å². The summed E-state index contributed by atoms with van der Waals surface area (Å²) in [5.41, 5.74) is 0.216. The van der Waals surface area contributed by atoms with Gasteiger partial charge in [0.15, 0.2) is 0 Å². The van der Waals surface area contributed by atoms with Gasteiger partial charge in [0.2, 0.25) is 5.91 Å². The van der Waals surface area contributed by atoms with Crippen LogP contribution in [0.1, 0.15) is 84.4 Å². The van der Waals surface area contributed by atoms with Gasteiger partial charge in [-0.05, 0) is 36.5 Å². The summed E-state index contributed by atoms with van der Waals surface area (Å²) in [5.74, 6) is 2.93. The maximum absolute atomic E-state index is 12.8. The van der Waals surface area contributed by atoms with Crippen molar-refractivity contribution in [2.24, 2.45) is 17.3 Å². The summed E-state index contributed by atoms with van der Waals surface area (Å²) in [7, 11) is 0. The summed E-state index contributed by atoms with van der Waals surface area (Å²) in [6.07, 6.45) is 9.88. The second-order valence-electron chi connectivity index (χ2n) is 9.42. The van der Waals surface area contributed by atoms with E-state index in [2.05, 4.69) is 47.4 Å². The fourth-order valence-corrected chi connectivity index (χ4v) is 4.91. The van der Waals surface area contributed by atoms with Gasteiger partial charge in [0.25, 0.3) is 0 Å². The Hall–Kier alpha value is -1.39. The van der Waals surface area contributed by atoms with Gasteiger partial charge in [-0.15, -0.1) is 10.2 Å². The molecule has 5 heteroatoms. The van der Waals surface area contributed by atoms with E-state index in [1.165, 1.54) is 32.1 Å². The second kappa shape index (κ2) is 8.10. The summed E-state index contributed by atoms with van der Waals surface area (Å²) in [6, 6.07) is 0. The zero-order valence-electron chi connectivity index (χ0n) is 17.1. The van der Waals surface area contributed by atoms with Crippen LogP contribution in [0.5, 0.6) is 0 Å². The third-order valence-electron chi connectivity index (χ3n) is 6.30. The summed E-state index contributed by atoms with van der Waals surface area (Å²) in [5, 5.41) is 8.78. The van der Waals surface area contributed by atoms with E-state index >= 15 is 0 Å². The second-order valence-corrected chi connectivity index (χ2v) is 9.42. The number of aromatic nitrogens is 3. The van der Waals surface area contributed by atoms with Crippen molar-refractivity contribution in [2.75, 3.05) is 13.1 Å². The summed E-state index contributed by atoms with van der Waals surface area (Å²) in [4.78, 5) is 15.0. The molecule has 1 atom stereocenters. The van der Waals surface area contributed by atoms with Crippen LogP contribution < -0.4 is 0 Å². The van der Waals surface area contributed by atoms with Crippen LogP contribution in [0.15, 0.2) is 6.33 Å². The van der Waals surface area contributed by atoms with Crippen LogP contribution >= 0.6 is 0 Å². The van der Waals surface area contributed by atoms with E-state index in [0.717, 1.165) is 31.9 Å². The molecule has 0 bridgehead atoms. The van der Waals surface area contributed by atoms with Crippen molar-refractivity contribution < 1.29 is 4.79 Å². The van der Waals surface area contributed by atoms with Gasteiger partial charge in [-0.25, -0.2) is 0 Å². The van der Waals surface area contributed by atoms with E-state index in [9.17, 15) is 4.79 Å². The molecule has 1 aromatic heterocycles. The summed E-state index contributed by atoms with van der Waals surface area (Å²) >= 11 is 0. The van der Waals surface area contributed by atoms with Crippen molar-refractivity contribution in [2.45, 2.75) is 85.1 Å². The fourth-order valence-electron chi connectivity index (χ4n) is 4.91. The largest absolute Gasteiger partial charge is 0.341 e. The molecule has 1 saturated heterocycles. The molecular weight excluding hydrogens is 324 g/mol. The predicted molar refractivity (Wildman–Crippen MR) is 104 cm³/mol. The lowest BCUT2D eigenvalue weighted by Gasteiger charge is -2.37. The first-order valence-electron chi connectivity index (χ1n) is 10.6. The monoisotopic (exact) mass is 360 g/mol. The van der Waals surface area contributed by atoms with Gasteiger partial charge in [-0.3, -0.25) is 4.79 Å². The molecule has 3 rings (SSSR count). The first-order chi connectivity index (χ1) is 12.4. The maximum atomic E-state index is 12.8. The van der Waals surface area contributed by atoms with Crippen LogP contribution in [0.2, 0.25) is 0 Å². The van der Waals surface area contributed by atoms with E-state index in [1.807, 2.05) is 6.33 Å². The third-order valence-corrected chi connectivity index (χ3v) is 6.30. The molecule has 1 aliphatic carbocycles. The number of carbonyl (C=O) groups excluding carboxylic acids is 1. The predicted octanol–water partition coefficient (Wildman–Crippen LogP) is 4.25. The lowest BCUT2D eigenvalue weighted by molar-refractivity contribution is -0.131. The number of carbonyl (C=O) groups is 1. The molecular formula is C21H36N4O. The molecule has 2 fully saturated rings. The van der Waals surface area contributed by atoms with Gasteiger partial charge < -0.3 is 9.47 Å². The van der Waals surface area contributed by atoms with Crippen molar-refractivity contribution in [1.82, 2.24) is 19.7 Å². The van der Waals surface area contributed by atoms with E-state index in [-0.39, 0.29) is 5.41 Å². The van der Waals surface area contributed by atoms with Gasteiger partial charge in [0, 0.05) is 32.0 Å². The number of nitrogens with zero attached hydrogens (tertiary/aromatic N) is 4. The normalized spacial score (nSPS) is 22.7. The quantitative estimate of drug-likeness (QED) is 0.762. The Morgan fingerprint density at radius 1 is 1.19 bits per heavy atom. The van der Waals surface area contributed by atoms with Gasteiger partial charge in [-0.2, -0.15) is 0 Å². The van der Waals surface area contributed by atoms with Crippen LogP contribution in [-0.2, 0) is 11.3 Å². The number of hydrogen-bond donors (Lipinski definition) is 0. The van der Waals surface area contributed by atoms with E-state index in [0.29, 0.717) is 30.1 Å². The number of hydrogen-bond acceptors (Lipinski definition) is 3. The standard InChI is InChI=1S/C21H36N4O/c1-16(2)8-9-19(26)24-13-18(21(14-24)10-6-5-7-11-21)20-23-22-15-25(20)12-17(3)4/h15-18H,5-14H2,1-4H3. The molecule has 0 aromatic carbocycles. The van der Waals surface area contributed by atoms with Crippen molar-refractivity contribution in [3.05, 3.63) is 12.2 Å². The molecule has 1 aromatic rings. The highest BCUT2D eigenvalue weighted by Gasteiger charge is 2.50. The van der Waals surface area contributed by atoms with Crippen LogP contribution in [-0.4, -0.2) is 38.7 Å². The van der Waals surface area contributed by atoms with E-state index < -0.39 is 0 Å². The van der Waals surface area contributed by atoms with Crippen molar-refractivity contribution in [1.29, 1.82) is 0 Å². The van der Waals surface area contributed by atoms with Gasteiger partial charge >= 0.3 is 0 Å². The van der Waals surface area contributed by atoms with Gasteiger partial charge in [0.1, 0.15) is 12.2 Å². The van der Waals surface area contributed by atoms with E-state index in [4.69, 9.17) is 0 Å². The SMILES string of the molecule is CC(C)CCC(=O)N1CC(c2nncn2CC(C)C)C2(CCCCC2)C1. The van der Waals surface area contributed by atoms with Crippen molar-refractivity contribution in [3.63, 3.8) is 0 Å². The smallest absolute Gasteiger partial charge is 0.222 e. The lowest BCUT2D eigenvalue weighted by atomic mass is 9.67. The molecule has 146 valence electrons. The highest BCUT2D eigenvalue weighted by Crippen LogP contribution is 2.51. The summed E-state index contributed by atoms with van der Waals surface area (Å²) in [6.45, 7) is 11.5. The Morgan fingerprint density at radius 3 is 2.58 bits per heavy atom. The molecule has 1 amide bonds. The summed E-state index contributed by atoms with van der Waals surface area (Å²) < 4.78 is 2.24. The molecule has 2 aliphatic rings. The molecule has 0 radical (unpaired) electrons. The Morgan fingerprint density at radius 2 is 1.92 bits per heavy atom. The highest BCUT2D eigenvalue weighted by molar-refractivity contribution is 5.76. The zero-order valence-corrected chi connectivity index (χ0v) is 17.1. The third kappa shape index (κ3) is 4.12. The van der Waals surface area contributed by atoms with Gasteiger partial charge in [0.05, 0.1) is 0 Å². The van der Waals surface area contributed by atoms with E-state index in [1.54, 1.807) is 0 Å². The first-order valence-corrected chi connectivity index (χ1v) is 10.6. The first kappa shape index (κ1) is 19.4. The Bertz CT molecular complexity index is 601. The minimum atomic E-state index is 0.216. The zero-order chi connectivity index (χ0) is 18.7. The number of likely N-dealkylation sites (tertiary alicyclic amines) is 1. The number of rotatable bonds is 6. The molecule has 2 heterocycles. The topological polar surface area (TPSA) is 51.0 Å². The van der Waals surface area contributed by atoms with Crippen LogP contribution in [0, 0.1) is 17.3 Å². The molecule has 1 aliphatic heterocycles. The average molecular weight is 361 g/mol. The Kier molecular flexibility index (Phi) is 6.03. The van der Waals surface area contributed by atoms with Crippen LogP contribution in [0.25, 0.3) is 0 Å². The Balaban J connectivity index is 1.82. The molecule has 1 saturated carbocycles. The maximum Gasteiger partial charge on any atom is 0.222 e. The molecule has 26 heavy (non-hydrogen) atoms. The molecule has 5 nitrogen and oxygen atoms in total. The molecule has 1 unspecified atom stereocenters. The minimum Gasteiger partial charge on any atom is -0.341 e. The van der Waals surface area contributed by atoms with Gasteiger partial charge in [-0.1, -0.05) is 47.0 Å². The van der Waals surface area contributed by atoms with Crippen LogP contribution in [0.4, 0.5) is 0 Å². The number of amides is 1. The minimum absolute atomic E-state index is 0.216. The molecule has 0 N–H and O–H groups in total. The fraction of sp³-hybridized carbons (Fsp3) is 0.857.